The number of carbonyl (C=O) groups is 4. The molecule has 1 aliphatic carbocycles. The fourth-order valence-corrected chi connectivity index (χ4v) is 12.9. The molecule has 4 heterocycles. The summed E-state index contributed by atoms with van der Waals surface area (Å²) in [5.41, 5.74) is -4.11. The standard InChI is InChI=1S/C60H96N4O18/c1-16-46-60(11,73)52(69)37(7)63(14)30-33(3)28-58(9,72)53(82-57-51(68)44(62(12)13)26-34(4)78-57)35(5)49(36(6)55(70)80-46)45-29-59(10,74-15)54(38(8)79-45)81-47(65)22-24-75-25-23-61-39-18-21-43-41(27-39)50(67)42(31-64(43)40-19-20-40)56(71)77-32-48(66)76-17-2/h18,21,27,31,33-38,40,44-46,49,51-54,57,61,68-69,72-73H,16-17,19-20,22-26,28-30,32H2,1-15H3/t33-,34-,35+,36-,37-,38+,44+,45?,46-,49+,51+,52-,53-,54+,57+,58-,59-,60-/m1/s1. The first-order valence-corrected chi connectivity index (χ1v) is 29.4. The minimum atomic E-state index is -1.86. The van der Waals surface area contributed by atoms with Gasteiger partial charge in [-0.05, 0) is 132 Å². The number of esters is 4. The van der Waals surface area contributed by atoms with Crippen molar-refractivity contribution < 1.29 is 82.2 Å². The second-order valence-electron chi connectivity index (χ2n) is 24.6. The van der Waals surface area contributed by atoms with E-state index < -0.39 is 126 Å². The van der Waals surface area contributed by atoms with Gasteiger partial charge in [0.15, 0.2) is 19.0 Å². The molecule has 464 valence electrons. The van der Waals surface area contributed by atoms with Crippen LogP contribution in [0.5, 0.6) is 0 Å². The van der Waals surface area contributed by atoms with E-state index in [-0.39, 0.29) is 75.2 Å². The van der Waals surface area contributed by atoms with Gasteiger partial charge in [-0.3, -0.25) is 14.4 Å². The van der Waals surface area contributed by atoms with Gasteiger partial charge >= 0.3 is 23.9 Å². The highest BCUT2D eigenvalue weighted by Crippen LogP contribution is 2.46. The van der Waals surface area contributed by atoms with Gasteiger partial charge in [-0.25, -0.2) is 9.59 Å². The SMILES string of the molecule is CCOC(=O)COC(=O)c1cn(C2CC2)c2ccc(NCCOCCC(=O)O[C@H]3[C@H](C)OC([C@H]4[C@H](C)[C@@H](O[C@@H]5O[C@H](C)C[C@H](N(C)C)[C@@H]5O)[C@](C)(O)C[C@@H](C)CN(C)[C@H](C)[C@@H](O)[C@](C)(O)[C@@H](CC)OC(=O)[C@@H]4C)C[C@@]3(C)OC)cc2c1=O. The van der Waals surface area contributed by atoms with E-state index in [1.54, 1.807) is 47.6 Å². The molecule has 4 fully saturated rings. The van der Waals surface area contributed by atoms with E-state index in [9.17, 15) is 44.4 Å². The molecule has 4 aliphatic rings. The van der Waals surface area contributed by atoms with E-state index in [4.69, 9.17) is 42.6 Å². The second kappa shape index (κ2) is 28.2. The average molecular weight is 1160 g/mol. The quantitative estimate of drug-likeness (QED) is 0.0730. The van der Waals surface area contributed by atoms with Gasteiger partial charge in [-0.2, -0.15) is 0 Å². The van der Waals surface area contributed by atoms with Crippen LogP contribution in [0.1, 0.15) is 138 Å². The molecule has 1 saturated carbocycles. The largest absolute Gasteiger partial charge is 0.463 e. The van der Waals surface area contributed by atoms with Crippen molar-refractivity contribution >= 4 is 40.5 Å². The van der Waals surface area contributed by atoms with E-state index in [0.717, 1.165) is 12.8 Å². The lowest BCUT2D eigenvalue weighted by Crippen LogP contribution is -2.62. The molecule has 22 heteroatoms. The molecule has 22 nitrogen and oxygen atoms in total. The van der Waals surface area contributed by atoms with Crippen molar-refractivity contribution in [2.75, 3.05) is 73.1 Å². The summed E-state index contributed by atoms with van der Waals surface area (Å²) in [4.78, 5) is 70.8. The maximum Gasteiger partial charge on any atom is 0.344 e. The zero-order chi connectivity index (χ0) is 60.8. The van der Waals surface area contributed by atoms with Gasteiger partial charge in [0.05, 0.1) is 67.7 Å². The lowest BCUT2D eigenvalue weighted by Gasteiger charge is -2.52. The molecule has 0 bridgehead atoms. The third-order valence-electron chi connectivity index (χ3n) is 17.6. The summed E-state index contributed by atoms with van der Waals surface area (Å²) in [6.45, 7) is 19.9. The van der Waals surface area contributed by atoms with Gasteiger partial charge in [-0.15, -0.1) is 0 Å². The number of carbonyl (C=O) groups excluding carboxylic acids is 4. The minimum absolute atomic E-state index is 0.0143. The zero-order valence-corrected chi connectivity index (χ0v) is 51.1. The molecule has 0 radical (unpaired) electrons. The maximum absolute atomic E-state index is 14.8. The summed E-state index contributed by atoms with van der Waals surface area (Å²) in [5, 5.41) is 52.0. The molecular weight excluding hydrogens is 1060 g/mol. The van der Waals surface area contributed by atoms with Crippen molar-refractivity contribution in [3.63, 3.8) is 0 Å². The van der Waals surface area contributed by atoms with Gasteiger partial charge < -0.3 is 82.7 Å². The van der Waals surface area contributed by atoms with E-state index in [1.807, 2.05) is 75.3 Å². The van der Waals surface area contributed by atoms with Crippen molar-refractivity contribution in [1.82, 2.24) is 14.4 Å². The second-order valence-corrected chi connectivity index (χ2v) is 24.6. The number of fused-ring (bicyclic) bond motifs is 1. The van der Waals surface area contributed by atoms with E-state index >= 15 is 0 Å². The molecule has 0 amide bonds. The number of methoxy groups -OCH3 is 1. The van der Waals surface area contributed by atoms with Crippen molar-refractivity contribution in [1.29, 1.82) is 0 Å². The Morgan fingerprint density at radius 3 is 2.24 bits per heavy atom. The number of anilines is 1. The van der Waals surface area contributed by atoms with Crippen LogP contribution in [-0.4, -0.2) is 210 Å². The molecule has 82 heavy (non-hydrogen) atoms. The van der Waals surface area contributed by atoms with Crippen LogP contribution in [0.25, 0.3) is 10.9 Å². The molecule has 1 aromatic carbocycles. The molecule has 3 saturated heterocycles. The number of pyridine rings is 1. The number of ether oxygens (including phenoxy) is 9. The molecule has 18 atom stereocenters. The molecule has 1 aromatic heterocycles. The van der Waals surface area contributed by atoms with E-state index in [1.165, 1.54) is 20.2 Å². The first kappa shape index (κ1) is 66.8. The highest BCUT2D eigenvalue weighted by Gasteiger charge is 2.56. The normalized spacial score (nSPS) is 36.4. The van der Waals surface area contributed by atoms with Crippen LogP contribution >= 0.6 is 0 Å². The molecule has 5 N–H and O–H groups in total. The Kier molecular flexibility index (Phi) is 23.0. The number of hydrogen-bond acceptors (Lipinski definition) is 21. The summed E-state index contributed by atoms with van der Waals surface area (Å²) in [7, 11) is 7.11. The number of likely N-dealkylation sites (N-methyl/N-ethyl adjacent to an activating group) is 2. The Labute approximate surface area is 483 Å². The number of benzene rings is 1. The third kappa shape index (κ3) is 15.7. The fraction of sp³-hybridized carbons (Fsp3) is 0.783. The van der Waals surface area contributed by atoms with E-state index in [0.29, 0.717) is 36.1 Å². The van der Waals surface area contributed by atoms with Gasteiger partial charge in [0.25, 0.3) is 0 Å². The first-order chi connectivity index (χ1) is 38.5. The number of aromatic nitrogens is 1. The predicted molar refractivity (Wildman–Crippen MR) is 304 cm³/mol. The maximum atomic E-state index is 14.8. The first-order valence-electron chi connectivity index (χ1n) is 29.4. The number of nitrogens with zero attached hydrogens (tertiary/aromatic N) is 3. The third-order valence-corrected chi connectivity index (χ3v) is 17.6. The van der Waals surface area contributed by atoms with Gasteiger partial charge in [0.2, 0.25) is 5.43 Å². The van der Waals surface area contributed by atoms with Crippen LogP contribution in [0.15, 0.2) is 29.2 Å². The Hall–Kier alpha value is -4.33. The predicted octanol–water partition coefficient (Wildman–Crippen LogP) is 4.61. The smallest absolute Gasteiger partial charge is 0.344 e. The number of hydrogen-bond donors (Lipinski definition) is 5. The molecular formula is C60H96N4O18. The molecule has 3 aliphatic heterocycles. The van der Waals surface area contributed by atoms with Gasteiger partial charge in [0.1, 0.15) is 35.1 Å². The topological polar surface area (TPSA) is 273 Å². The van der Waals surface area contributed by atoms with E-state index in [2.05, 4.69) is 5.32 Å². The fourth-order valence-electron chi connectivity index (χ4n) is 12.9. The number of cyclic esters (lactones) is 1. The number of aliphatic hydroxyl groups is 4. The Bertz CT molecular complexity index is 2540. The van der Waals surface area contributed by atoms with Crippen LogP contribution in [0.2, 0.25) is 0 Å². The number of nitrogens with one attached hydrogen (secondary N) is 1. The van der Waals surface area contributed by atoms with Crippen LogP contribution in [0.4, 0.5) is 5.69 Å². The van der Waals surface area contributed by atoms with Crippen LogP contribution in [0.3, 0.4) is 0 Å². The number of aliphatic hydroxyl groups excluding tert-OH is 2. The van der Waals surface area contributed by atoms with Crippen molar-refractivity contribution in [2.45, 2.75) is 211 Å². The molecule has 1 unspecified atom stereocenters. The van der Waals surface area contributed by atoms with Crippen LogP contribution < -0.4 is 10.7 Å². The lowest BCUT2D eigenvalue weighted by atomic mass is 9.68. The zero-order valence-electron chi connectivity index (χ0n) is 51.1. The summed E-state index contributed by atoms with van der Waals surface area (Å²) in [5.74, 6) is -5.60. The highest BCUT2D eigenvalue weighted by atomic mass is 16.7. The summed E-state index contributed by atoms with van der Waals surface area (Å²) in [6, 6.07) is 4.51. The average Bonchev–Trinajstić information content (AvgIpc) is 3.62. The Morgan fingerprint density at radius 1 is 0.915 bits per heavy atom. The van der Waals surface area contributed by atoms with Gasteiger partial charge in [0, 0.05) is 67.9 Å². The lowest BCUT2D eigenvalue weighted by molar-refractivity contribution is -0.302. The minimum Gasteiger partial charge on any atom is -0.463 e. The van der Waals surface area contributed by atoms with Crippen molar-refractivity contribution in [3.05, 3.63) is 40.2 Å². The molecule has 6 rings (SSSR count). The van der Waals surface area contributed by atoms with Crippen molar-refractivity contribution in [3.8, 4) is 0 Å². The summed E-state index contributed by atoms with van der Waals surface area (Å²) < 4.78 is 56.5. The summed E-state index contributed by atoms with van der Waals surface area (Å²) >= 11 is 0. The van der Waals surface area contributed by atoms with Crippen LogP contribution in [0, 0.1) is 23.7 Å². The highest BCUT2D eigenvalue weighted by molar-refractivity contribution is 5.95. The monoisotopic (exact) mass is 1160 g/mol. The Balaban J connectivity index is 1.18. The number of rotatable bonds is 19. The van der Waals surface area contributed by atoms with Crippen molar-refractivity contribution in [2.24, 2.45) is 23.7 Å². The van der Waals surface area contributed by atoms with Gasteiger partial charge in [-0.1, -0.05) is 27.7 Å². The molecule has 0 spiro atoms. The van der Waals surface area contributed by atoms with Crippen LogP contribution in [-0.2, 0) is 57.0 Å². The molecule has 2 aromatic rings. The summed E-state index contributed by atoms with van der Waals surface area (Å²) in [6.07, 6.45) is -4.45. The Morgan fingerprint density at radius 2 is 1.61 bits per heavy atom.